The average molecular weight is 143 g/mol. The molecule has 1 rings (SSSR count). The van der Waals surface area contributed by atoms with Crippen LogP contribution in [0.3, 0.4) is 0 Å². The first-order valence-electron chi connectivity index (χ1n) is 3.39. The molecule has 1 atom stereocenters. The highest BCUT2D eigenvalue weighted by atomic mass is 16.6. The highest BCUT2D eigenvalue weighted by Crippen LogP contribution is 2.02. The van der Waals surface area contributed by atoms with E-state index in [0.717, 1.165) is 18.8 Å². The first-order valence-corrected chi connectivity index (χ1v) is 3.39. The summed E-state index contributed by atoms with van der Waals surface area (Å²) in [5, 5.41) is 7.02. The van der Waals surface area contributed by atoms with Gasteiger partial charge in [0.2, 0.25) is 0 Å². The lowest BCUT2D eigenvalue weighted by atomic mass is 10.1. The van der Waals surface area contributed by atoms with Gasteiger partial charge in [0.05, 0.1) is 5.71 Å². The first kappa shape index (κ1) is 7.50. The predicted molar refractivity (Wildman–Crippen MR) is 39.9 cm³/mol. The van der Waals surface area contributed by atoms with Gasteiger partial charge in [-0.3, -0.25) is 0 Å². The third-order valence-corrected chi connectivity index (χ3v) is 1.66. The largest absolute Gasteiger partial charge is 0.399 e. The summed E-state index contributed by atoms with van der Waals surface area (Å²) in [6, 6.07) is 0. The van der Waals surface area contributed by atoms with E-state index in [1.54, 1.807) is 7.11 Å². The molecule has 0 amide bonds. The molecule has 0 unspecified atom stereocenters. The van der Waals surface area contributed by atoms with Crippen LogP contribution >= 0.6 is 0 Å². The van der Waals surface area contributed by atoms with Gasteiger partial charge in [0, 0.05) is 25.6 Å². The maximum absolute atomic E-state index is 5.48. The molecule has 0 bridgehead atoms. The molecule has 0 radical (unpaired) electrons. The Kier molecular flexibility index (Phi) is 2.65. The molecule has 4 heteroatoms. The summed E-state index contributed by atoms with van der Waals surface area (Å²) in [6.07, 6.45) is 0. The van der Waals surface area contributed by atoms with E-state index in [1.165, 1.54) is 0 Å². The number of nitrogens with zero attached hydrogens (tertiary/aromatic N) is 1. The second-order valence-electron chi connectivity index (χ2n) is 2.33. The van der Waals surface area contributed by atoms with Crippen molar-refractivity contribution in [3.63, 3.8) is 0 Å². The van der Waals surface area contributed by atoms with Crippen molar-refractivity contribution in [3.05, 3.63) is 0 Å². The topological polar surface area (TPSA) is 59.6 Å². The number of hydrogen-bond donors (Lipinski definition) is 2. The fraction of sp³-hybridized carbons (Fsp3) is 0.833. The van der Waals surface area contributed by atoms with Crippen molar-refractivity contribution in [2.24, 2.45) is 16.8 Å². The Morgan fingerprint density at radius 2 is 2.70 bits per heavy atom. The SMILES string of the molecule is CO/N=C1\CNC[C@H]1CN. The summed E-state index contributed by atoms with van der Waals surface area (Å²) in [7, 11) is 1.55. The molecule has 0 spiro atoms. The van der Waals surface area contributed by atoms with Crippen LogP contribution in [0.1, 0.15) is 0 Å². The minimum Gasteiger partial charge on any atom is -0.399 e. The Balaban J connectivity index is 2.49. The van der Waals surface area contributed by atoms with Crippen LogP contribution in [0.4, 0.5) is 0 Å². The van der Waals surface area contributed by atoms with Crippen molar-refractivity contribution in [2.75, 3.05) is 26.7 Å². The van der Waals surface area contributed by atoms with Crippen LogP contribution in [0.5, 0.6) is 0 Å². The Morgan fingerprint density at radius 1 is 1.90 bits per heavy atom. The lowest BCUT2D eigenvalue weighted by molar-refractivity contribution is 0.211. The molecule has 3 N–H and O–H groups in total. The highest BCUT2D eigenvalue weighted by Gasteiger charge is 2.20. The molecule has 1 heterocycles. The second kappa shape index (κ2) is 3.53. The molecule has 4 nitrogen and oxygen atoms in total. The fourth-order valence-corrected chi connectivity index (χ4v) is 1.08. The predicted octanol–water partition coefficient (Wildman–Crippen LogP) is -0.833. The molecule has 10 heavy (non-hydrogen) atoms. The van der Waals surface area contributed by atoms with Crippen molar-refractivity contribution in [1.29, 1.82) is 0 Å². The molecule has 1 aliphatic heterocycles. The smallest absolute Gasteiger partial charge is 0.106 e. The zero-order chi connectivity index (χ0) is 7.40. The third-order valence-electron chi connectivity index (χ3n) is 1.66. The summed E-state index contributed by atoms with van der Waals surface area (Å²) < 4.78 is 0. The quantitative estimate of drug-likeness (QED) is 0.496. The molecule has 0 aromatic heterocycles. The molecule has 58 valence electrons. The molecule has 0 aliphatic carbocycles. The van der Waals surface area contributed by atoms with Gasteiger partial charge in [-0.15, -0.1) is 0 Å². The van der Waals surface area contributed by atoms with E-state index in [1.807, 2.05) is 0 Å². The third kappa shape index (κ3) is 1.46. The number of rotatable bonds is 2. The van der Waals surface area contributed by atoms with Crippen molar-refractivity contribution in [2.45, 2.75) is 0 Å². The Labute approximate surface area is 60.4 Å². The maximum atomic E-state index is 5.48. The first-order chi connectivity index (χ1) is 4.88. The molecule has 1 aliphatic rings. The van der Waals surface area contributed by atoms with Gasteiger partial charge in [0.1, 0.15) is 7.11 Å². The summed E-state index contributed by atoms with van der Waals surface area (Å²) in [5.41, 5.74) is 6.51. The number of nitrogens with two attached hydrogens (primary N) is 1. The summed E-state index contributed by atoms with van der Waals surface area (Å²) in [5.74, 6) is 0.375. The van der Waals surface area contributed by atoms with Gasteiger partial charge >= 0.3 is 0 Å². The van der Waals surface area contributed by atoms with Gasteiger partial charge in [0.15, 0.2) is 0 Å². The standard InChI is InChI=1S/C6H13N3O/c1-10-9-6-4-8-3-5(6)2-7/h5,8H,2-4,7H2,1H3/b9-6+/t5-/m1/s1. The lowest BCUT2D eigenvalue weighted by Gasteiger charge is -2.03. The van der Waals surface area contributed by atoms with Crippen molar-refractivity contribution in [3.8, 4) is 0 Å². The average Bonchev–Trinajstić information content (AvgIpc) is 2.36. The van der Waals surface area contributed by atoms with E-state index in [0.29, 0.717) is 12.5 Å². The highest BCUT2D eigenvalue weighted by molar-refractivity contribution is 5.90. The van der Waals surface area contributed by atoms with Crippen LogP contribution in [0.15, 0.2) is 5.16 Å². The summed E-state index contributed by atoms with van der Waals surface area (Å²) >= 11 is 0. The molecular formula is C6H13N3O. The molecule has 0 aromatic carbocycles. The van der Waals surface area contributed by atoms with E-state index in [2.05, 4.69) is 15.3 Å². The number of nitrogens with one attached hydrogen (secondary N) is 1. The monoisotopic (exact) mass is 143 g/mol. The summed E-state index contributed by atoms with van der Waals surface area (Å²) in [4.78, 5) is 4.65. The van der Waals surface area contributed by atoms with Gasteiger partial charge < -0.3 is 15.9 Å². The van der Waals surface area contributed by atoms with Gasteiger partial charge in [-0.25, -0.2) is 0 Å². The van der Waals surface area contributed by atoms with Crippen LogP contribution in [0.2, 0.25) is 0 Å². The minimum atomic E-state index is 0.375. The van der Waals surface area contributed by atoms with E-state index < -0.39 is 0 Å². The van der Waals surface area contributed by atoms with E-state index in [9.17, 15) is 0 Å². The Bertz CT molecular complexity index is 135. The van der Waals surface area contributed by atoms with Crippen LogP contribution in [-0.2, 0) is 4.84 Å². The van der Waals surface area contributed by atoms with Gasteiger partial charge in [-0.2, -0.15) is 0 Å². The maximum Gasteiger partial charge on any atom is 0.106 e. The van der Waals surface area contributed by atoms with E-state index >= 15 is 0 Å². The number of oxime groups is 1. The van der Waals surface area contributed by atoms with Crippen molar-refractivity contribution >= 4 is 5.71 Å². The van der Waals surface area contributed by atoms with Gasteiger partial charge in [-0.05, 0) is 0 Å². The van der Waals surface area contributed by atoms with Gasteiger partial charge in [-0.1, -0.05) is 5.16 Å². The van der Waals surface area contributed by atoms with Gasteiger partial charge in [0.25, 0.3) is 0 Å². The van der Waals surface area contributed by atoms with Crippen molar-refractivity contribution in [1.82, 2.24) is 5.32 Å². The van der Waals surface area contributed by atoms with E-state index in [4.69, 9.17) is 5.73 Å². The minimum absolute atomic E-state index is 0.375. The fourth-order valence-electron chi connectivity index (χ4n) is 1.08. The molecule has 1 saturated heterocycles. The lowest BCUT2D eigenvalue weighted by Crippen LogP contribution is -2.22. The van der Waals surface area contributed by atoms with Crippen LogP contribution in [0.25, 0.3) is 0 Å². The summed E-state index contributed by atoms with van der Waals surface area (Å²) in [6.45, 7) is 2.39. The molecule has 1 fully saturated rings. The zero-order valence-electron chi connectivity index (χ0n) is 6.13. The van der Waals surface area contributed by atoms with Crippen LogP contribution < -0.4 is 11.1 Å². The normalized spacial score (nSPS) is 29.4. The number of hydrogen-bond acceptors (Lipinski definition) is 4. The molecule has 0 aromatic rings. The van der Waals surface area contributed by atoms with E-state index in [-0.39, 0.29) is 0 Å². The van der Waals surface area contributed by atoms with Crippen LogP contribution in [-0.4, -0.2) is 32.5 Å². The van der Waals surface area contributed by atoms with Crippen LogP contribution in [0, 0.1) is 5.92 Å². The Morgan fingerprint density at radius 3 is 3.30 bits per heavy atom. The van der Waals surface area contributed by atoms with Crippen molar-refractivity contribution < 1.29 is 4.84 Å². The molecular weight excluding hydrogens is 130 g/mol. The second-order valence-corrected chi connectivity index (χ2v) is 2.33. The molecule has 0 saturated carbocycles. The Hall–Kier alpha value is -0.610. The zero-order valence-corrected chi connectivity index (χ0v) is 6.13.